The lowest BCUT2D eigenvalue weighted by atomic mass is 9.82. The third-order valence-electron chi connectivity index (χ3n) is 3.64. The number of amides is 1. The Balaban J connectivity index is 2.43. The van der Waals surface area contributed by atoms with Crippen molar-refractivity contribution < 1.29 is 4.79 Å². The maximum absolute atomic E-state index is 12.2. The Hall–Kier alpha value is -0.570. The molecule has 0 bridgehead atoms. The van der Waals surface area contributed by atoms with Crippen LogP contribution in [-0.2, 0) is 4.79 Å². The molecule has 0 aromatic rings. The smallest absolute Gasteiger partial charge is 0.225 e. The van der Waals surface area contributed by atoms with Crippen molar-refractivity contribution in [1.82, 2.24) is 5.32 Å². The van der Waals surface area contributed by atoms with Crippen molar-refractivity contribution in [3.05, 3.63) is 0 Å². The summed E-state index contributed by atoms with van der Waals surface area (Å²) in [5, 5.41) is 3.19. The molecule has 0 aliphatic heterocycles. The van der Waals surface area contributed by atoms with Gasteiger partial charge in [-0.1, -0.05) is 27.7 Å². The zero-order valence-electron chi connectivity index (χ0n) is 11.8. The molecule has 3 heteroatoms. The van der Waals surface area contributed by atoms with E-state index in [1.165, 1.54) is 0 Å². The molecule has 0 aromatic heterocycles. The lowest BCUT2D eigenvalue weighted by molar-refractivity contribution is -0.131. The largest absolute Gasteiger partial charge is 0.353 e. The van der Waals surface area contributed by atoms with Gasteiger partial charge >= 0.3 is 0 Å². The summed E-state index contributed by atoms with van der Waals surface area (Å²) < 4.78 is 0. The van der Waals surface area contributed by atoms with Gasteiger partial charge in [-0.3, -0.25) is 4.79 Å². The molecular formula is C14H28N2O. The topological polar surface area (TPSA) is 55.1 Å². The first kappa shape index (κ1) is 14.5. The number of nitrogens with two attached hydrogens (primary N) is 1. The van der Waals surface area contributed by atoms with Crippen LogP contribution in [0.4, 0.5) is 0 Å². The Morgan fingerprint density at radius 3 is 2.29 bits per heavy atom. The minimum absolute atomic E-state index is 0.201. The molecule has 0 heterocycles. The maximum Gasteiger partial charge on any atom is 0.225 e. The lowest BCUT2D eigenvalue weighted by Gasteiger charge is -2.31. The molecule has 3 nitrogen and oxygen atoms in total. The van der Waals surface area contributed by atoms with Crippen molar-refractivity contribution in [2.45, 2.75) is 71.9 Å². The first-order valence-electron chi connectivity index (χ1n) is 6.88. The molecule has 1 fully saturated rings. The molecule has 1 rings (SSSR count). The molecule has 0 aromatic carbocycles. The monoisotopic (exact) mass is 240 g/mol. The predicted octanol–water partition coefficient (Wildman–Crippen LogP) is 2.44. The second-order valence-corrected chi connectivity index (χ2v) is 6.57. The quantitative estimate of drug-likeness (QED) is 0.793. The van der Waals surface area contributed by atoms with Crippen LogP contribution < -0.4 is 11.1 Å². The maximum atomic E-state index is 12.2. The van der Waals surface area contributed by atoms with E-state index in [2.05, 4.69) is 19.2 Å². The predicted molar refractivity (Wildman–Crippen MR) is 71.6 cm³/mol. The Bertz CT molecular complexity index is 253. The van der Waals surface area contributed by atoms with Gasteiger partial charge in [0.2, 0.25) is 5.91 Å². The van der Waals surface area contributed by atoms with Crippen molar-refractivity contribution in [2.24, 2.45) is 17.1 Å². The summed E-state index contributed by atoms with van der Waals surface area (Å²) in [6.07, 6.45) is 5.07. The van der Waals surface area contributed by atoms with Gasteiger partial charge in [-0.05, 0) is 38.0 Å². The highest BCUT2D eigenvalue weighted by molar-refractivity contribution is 5.82. The van der Waals surface area contributed by atoms with E-state index in [-0.39, 0.29) is 11.3 Å². The van der Waals surface area contributed by atoms with Gasteiger partial charge in [0.15, 0.2) is 0 Å². The highest BCUT2D eigenvalue weighted by Crippen LogP contribution is 2.26. The average molecular weight is 240 g/mol. The molecule has 0 radical (unpaired) electrons. The van der Waals surface area contributed by atoms with Gasteiger partial charge < -0.3 is 11.1 Å². The summed E-state index contributed by atoms with van der Waals surface area (Å²) in [6, 6.07) is 0.681. The van der Waals surface area contributed by atoms with E-state index in [1.807, 2.05) is 13.8 Å². The molecular weight excluding hydrogens is 212 g/mol. The van der Waals surface area contributed by atoms with E-state index >= 15 is 0 Å². The van der Waals surface area contributed by atoms with Gasteiger partial charge in [-0.25, -0.2) is 0 Å². The van der Waals surface area contributed by atoms with Crippen LogP contribution >= 0.6 is 0 Å². The highest BCUT2D eigenvalue weighted by atomic mass is 16.2. The number of carbonyl (C=O) groups excluding carboxylic acids is 1. The Labute approximate surface area is 106 Å². The van der Waals surface area contributed by atoms with E-state index in [4.69, 9.17) is 5.73 Å². The summed E-state index contributed by atoms with van der Waals surface area (Å²) in [7, 11) is 0. The molecule has 0 spiro atoms. The number of hydrogen-bond acceptors (Lipinski definition) is 2. The SMILES string of the molecule is CC(C)CC(C)(C)C(=O)NC1CCC(N)CC1. The molecule has 3 N–H and O–H groups in total. The second-order valence-electron chi connectivity index (χ2n) is 6.57. The number of carbonyl (C=O) groups is 1. The molecule has 0 atom stereocenters. The molecule has 100 valence electrons. The van der Waals surface area contributed by atoms with Gasteiger partial charge in [0.1, 0.15) is 0 Å². The van der Waals surface area contributed by atoms with Gasteiger partial charge in [0, 0.05) is 17.5 Å². The summed E-state index contributed by atoms with van der Waals surface area (Å²) in [5.41, 5.74) is 5.61. The van der Waals surface area contributed by atoms with E-state index in [1.54, 1.807) is 0 Å². The van der Waals surface area contributed by atoms with E-state index in [9.17, 15) is 4.79 Å². The van der Waals surface area contributed by atoms with E-state index in [0.717, 1.165) is 32.1 Å². The Morgan fingerprint density at radius 2 is 1.82 bits per heavy atom. The van der Waals surface area contributed by atoms with E-state index < -0.39 is 0 Å². The average Bonchev–Trinajstić information content (AvgIpc) is 2.19. The molecule has 0 saturated heterocycles. The fraction of sp³-hybridized carbons (Fsp3) is 0.929. The molecule has 1 aliphatic rings. The van der Waals surface area contributed by atoms with Crippen molar-refractivity contribution >= 4 is 5.91 Å². The van der Waals surface area contributed by atoms with Crippen LogP contribution in [0.1, 0.15) is 59.8 Å². The zero-order valence-corrected chi connectivity index (χ0v) is 11.8. The van der Waals surface area contributed by atoms with Crippen LogP contribution in [0.15, 0.2) is 0 Å². The van der Waals surface area contributed by atoms with Crippen LogP contribution in [-0.4, -0.2) is 18.0 Å². The van der Waals surface area contributed by atoms with Crippen molar-refractivity contribution in [3.8, 4) is 0 Å². The minimum Gasteiger partial charge on any atom is -0.353 e. The Kier molecular flexibility index (Phi) is 4.99. The van der Waals surface area contributed by atoms with Crippen molar-refractivity contribution in [2.75, 3.05) is 0 Å². The zero-order chi connectivity index (χ0) is 13.1. The minimum atomic E-state index is -0.256. The van der Waals surface area contributed by atoms with Gasteiger partial charge in [-0.15, -0.1) is 0 Å². The molecule has 0 unspecified atom stereocenters. The third kappa shape index (κ3) is 4.66. The van der Waals surface area contributed by atoms with Gasteiger partial charge in [-0.2, -0.15) is 0 Å². The molecule has 17 heavy (non-hydrogen) atoms. The second kappa shape index (κ2) is 5.85. The summed E-state index contributed by atoms with van der Waals surface area (Å²) >= 11 is 0. The van der Waals surface area contributed by atoms with E-state index in [0.29, 0.717) is 18.0 Å². The molecule has 1 aliphatic carbocycles. The first-order chi connectivity index (χ1) is 7.81. The molecule has 1 amide bonds. The fourth-order valence-corrected chi connectivity index (χ4v) is 2.76. The lowest BCUT2D eigenvalue weighted by Crippen LogP contribution is -2.46. The number of nitrogens with one attached hydrogen (secondary N) is 1. The summed E-state index contributed by atoms with van der Waals surface area (Å²) in [6.45, 7) is 8.40. The van der Waals surface area contributed by atoms with Crippen LogP contribution in [0.2, 0.25) is 0 Å². The van der Waals surface area contributed by atoms with Gasteiger partial charge in [0.05, 0.1) is 0 Å². The summed E-state index contributed by atoms with van der Waals surface area (Å²) in [5.74, 6) is 0.752. The summed E-state index contributed by atoms with van der Waals surface area (Å²) in [4.78, 5) is 12.2. The van der Waals surface area contributed by atoms with Crippen LogP contribution in [0.5, 0.6) is 0 Å². The van der Waals surface area contributed by atoms with Crippen LogP contribution in [0.3, 0.4) is 0 Å². The highest BCUT2D eigenvalue weighted by Gasteiger charge is 2.30. The number of rotatable bonds is 4. The first-order valence-corrected chi connectivity index (χ1v) is 6.88. The Morgan fingerprint density at radius 1 is 1.29 bits per heavy atom. The van der Waals surface area contributed by atoms with Crippen molar-refractivity contribution in [3.63, 3.8) is 0 Å². The number of hydrogen-bond donors (Lipinski definition) is 2. The van der Waals surface area contributed by atoms with Gasteiger partial charge in [0.25, 0.3) is 0 Å². The standard InChI is InChI=1S/C14H28N2O/c1-10(2)9-14(3,4)13(17)16-12-7-5-11(15)6-8-12/h10-12H,5-9,15H2,1-4H3,(H,16,17). The molecule has 1 saturated carbocycles. The van der Waals surface area contributed by atoms with Crippen molar-refractivity contribution in [1.29, 1.82) is 0 Å². The third-order valence-corrected chi connectivity index (χ3v) is 3.64. The normalized spacial score (nSPS) is 26.0. The van der Waals surface area contributed by atoms with Crippen LogP contribution in [0.25, 0.3) is 0 Å². The fourth-order valence-electron chi connectivity index (χ4n) is 2.76. The van der Waals surface area contributed by atoms with Crippen LogP contribution in [0, 0.1) is 11.3 Å².